The Morgan fingerprint density at radius 2 is 1.83 bits per heavy atom. The number of carboxylic acids is 1. The number of carbonyl (C=O) groups is 1. The summed E-state index contributed by atoms with van der Waals surface area (Å²) in [7, 11) is 0. The van der Waals surface area contributed by atoms with E-state index in [0.29, 0.717) is 18.1 Å². The quantitative estimate of drug-likeness (QED) is 0.923. The molecule has 0 amide bonds. The van der Waals surface area contributed by atoms with E-state index in [1.165, 1.54) is 0 Å². The Kier molecular flexibility index (Phi) is 4.73. The van der Waals surface area contributed by atoms with Crippen LogP contribution in [0, 0.1) is 0 Å². The first-order valence-corrected chi connectivity index (χ1v) is 7.77. The van der Waals surface area contributed by atoms with E-state index in [9.17, 15) is 4.79 Å². The fourth-order valence-electron chi connectivity index (χ4n) is 2.64. The summed E-state index contributed by atoms with van der Waals surface area (Å²) in [6, 6.07) is 9.61. The lowest BCUT2D eigenvalue weighted by molar-refractivity contribution is -0.138. The zero-order chi connectivity index (χ0) is 16.2. The molecule has 0 bridgehead atoms. The second-order valence-electron chi connectivity index (χ2n) is 5.47. The van der Waals surface area contributed by atoms with E-state index in [0.717, 1.165) is 30.0 Å². The Morgan fingerprint density at radius 1 is 1.13 bits per heavy atom. The number of anilines is 1. The summed E-state index contributed by atoms with van der Waals surface area (Å²) in [6.07, 6.45) is 1.73. The molecule has 2 aromatic rings. The molecule has 0 radical (unpaired) electrons. The molecule has 6 nitrogen and oxygen atoms in total. The number of benzene rings is 1. The highest BCUT2D eigenvalue weighted by molar-refractivity contribution is 6.30. The Labute approximate surface area is 139 Å². The molecule has 120 valence electrons. The van der Waals surface area contributed by atoms with Gasteiger partial charge in [-0.05, 0) is 23.8 Å². The molecule has 1 aliphatic heterocycles. The van der Waals surface area contributed by atoms with Gasteiger partial charge in [-0.3, -0.25) is 9.69 Å². The van der Waals surface area contributed by atoms with Gasteiger partial charge in [0, 0.05) is 36.8 Å². The maximum absolute atomic E-state index is 10.8. The van der Waals surface area contributed by atoms with Crippen molar-refractivity contribution >= 4 is 23.4 Å². The first-order chi connectivity index (χ1) is 11.1. The average molecular weight is 333 g/mol. The van der Waals surface area contributed by atoms with Crippen LogP contribution in [0.5, 0.6) is 0 Å². The number of aromatic nitrogens is 2. The third kappa shape index (κ3) is 3.97. The van der Waals surface area contributed by atoms with Crippen LogP contribution < -0.4 is 4.90 Å². The third-order valence-corrected chi connectivity index (χ3v) is 4.13. The van der Waals surface area contributed by atoms with Crippen molar-refractivity contribution in [1.29, 1.82) is 0 Å². The molecule has 3 rings (SSSR count). The molecule has 0 atom stereocenters. The first kappa shape index (κ1) is 15.7. The fraction of sp³-hybridized carbons (Fsp3) is 0.312. The maximum Gasteiger partial charge on any atom is 0.317 e. The maximum atomic E-state index is 10.8. The van der Waals surface area contributed by atoms with Crippen molar-refractivity contribution in [2.24, 2.45) is 0 Å². The molecule has 0 aliphatic carbocycles. The van der Waals surface area contributed by atoms with Crippen molar-refractivity contribution in [3.05, 3.63) is 41.6 Å². The van der Waals surface area contributed by atoms with Gasteiger partial charge >= 0.3 is 5.97 Å². The summed E-state index contributed by atoms with van der Waals surface area (Å²) in [5.74, 6) is 0.0235. The van der Waals surface area contributed by atoms with Crippen LogP contribution in [-0.2, 0) is 4.79 Å². The monoisotopic (exact) mass is 332 g/mol. The van der Waals surface area contributed by atoms with Gasteiger partial charge in [0.2, 0.25) is 0 Å². The van der Waals surface area contributed by atoms with Crippen molar-refractivity contribution in [2.75, 3.05) is 37.6 Å². The number of halogens is 1. The van der Waals surface area contributed by atoms with Crippen molar-refractivity contribution in [3.63, 3.8) is 0 Å². The number of nitrogens with zero attached hydrogens (tertiary/aromatic N) is 4. The lowest BCUT2D eigenvalue weighted by atomic mass is 10.1. The van der Waals surface area contributed by atoms with Crippen LogP contribution in [0.3, 0.4) is 0 Å². The van der Waals surface area contributed by atoms with E-state index in [2.05, 4.69) is 15.1 Å². The minimum Gasteiger partial charge on any atom is -0.480 e. The molecule has 7 heteroatoms. The molecular weight excluding hydrogens is 316 g/mol. The predicted molar refractivity (Wildman–Crippen MR) is 88.8 cm³/mol. The van der Waals surface area contributed by atoms with Gasteiger partial charge in [-0.15, -0.1) is 5.10 Å². The molecular formula is C16H17ClN4O2. The number of rotatable bonds is 4. The largest absolute Gasteiger partial charge is 0.480 e. The highest BCUT2D eigenvalue weighted by Crippen LogP contribution is 2.24. The second-order valence-corrected chi connectivity index (χ2v) is 5.90. The molecule has 0 spiro atoms. The Balaban J connectivity index is 1.71. The van der Waals surface area contributed by atoms with E-state index in [1.807, 2.05) is 35.2 Å². The van der Waals surface area contributed by atoms with E-state index in [4.69, 9.17) is 16.7 Å². The van der Waals surface area contributed by atoms with E-state index in [-0.39, 0.29) is 6.54 Å². The Hall–Kier alpha value is -2.18. The van der Waals surface area contributed by atoms with E-state index < -0.39 is 5.97 Å². The van der Waals surface area contributed by atoms with Crippen LogP contribution in [0.25, 0.3) is 11.1 Å². The average Bonchev–Trinajstić information content (AvgIpc) is 2.56. The molecule has 1 fully saturated rings. The summed E-state index contributed by atoms with van der Waals surface area (Å²) >= 11 is 5.92. The second kappa shape index (κ2) is 6.93. The van der Waals surface area contributed by atoms with Gasteiger partial charge in [-0.25, -0.2) is 0 Å². The number of aliphatic carboxylic acids is 1. The molecule has 1 aromatic carbocycles. The smallest absolute Gasteiger partial charge is 0.317 e. The van der Waals surface area contributed by atoms with Crippen LogP contribution >= 0.6 is 11.6 Å². The fourth-order valence-corrected chi connectivity index (χ4v) is 2.76. The molecule has 1 N–H and O–H groups in total. The zero-order valence-corrected chi connectivity index (χ0v) is 13.3. The van der Waals surface area contributed by atoms with Gasteiger partial charge in [0.15, 0.2) is 5.82 Å². The normalized spacial score (nSPS) is 15.6. The minimum absolute atomic E-state index is 0.0876. The molecule has 1 saturated heterocycles. The molecule has 1 aromatic heterocycles. The van der Waals surface area contributed by atoms with Gasteiger partial charge in [-0.2, -0.15) is 5.10 Å². The Bertz CT molecular complexity index is 685. The Morgan fingerprint density at radius 3 is 2.48 bits per heavy atom. The van der Waals surface area contributed by atoms with E-state index in [1.54, 1.807) is 6.20 Å². The molecule has 0 unspecified atom stereocenters. The number of piperazine rings is 1. The third-order valence-electron chi connectivity index (χ3n) is 3.87. The summed E-state index contributed by atoms with van der Waals surface area (Å²) in [5, 5.41) is 17.8. The summed E-state index contributed by atoms with van der Waals surface area (Å²) in [4.78, 5) is 14.8. The summed E-state index contributed by atoms with van der Waals surface area (Å²) in [5.41, 5.74) is 2.02. The van der Waals surface area contributed by atoms with Crippen molar-refractivity contribution in [3.8, 4) is 11.1 Å². The summed E-state index contributed by atoms with van der Waals surface area (Å²) in [6.45, 7) is 2.99. The highest BCUT2D eigenvalue weighted by Gasteiger charge is 2.20. The van der Waals surface area contributed by atoms with Gasteiger partial charge in [-0.1, -0.05) is 23.7 Å². The van der Waals surface area contributed by atoms with Crippen LogP contribution in [0.4, 0.5) is 5.82 Å². The van der Waals surface area contributed by atoms with Crippen LogP contribution in [0.15, 0.2) is 36.5 Å². The standard InChI is InChI=1S/C16H17ClN4O2/c17-14-3-1-12(2-4-14)13-9-15(19-18-10-13)21-7-5-20(6-8-21)11-16(22)23/h1-4,9-10H,5-8,11H2,(H,22,23). The lowest BCUT2D eigenvalue weighted by Gasteiger charge is -2.34. The van der Waals surface area contributed by atoms with Crippen LogP contribution in [0.1, 0.15) is 0 Å². The topological polar surface area (TPSA) is 69.6 Å². The van der Waals surface area contributed by atoms with E-state index >= 15 is 0 Å². The van der Waals surface area contributed by atoms with Gasteiger partial charge < -0.3 is 10.0 Å². The lowest BCUT2D eigenvalue weighted by Crippen LogP contribution is -2.48. The molecule has 1 aliphatic rings. The van der Waals surface area contributed by atoms with Crippen molar-refractivity contribution in [1.82, 2.24) is 15.1 Å². The van der Waals surface area contributed by atoms with Crippen molar-refractivity contribution in [2.45, 2.75) is 0 Å². The molecule has 23 heavy (non-hydrogen) atoms. The van der Waals surface area contributed by atoms with Crippen molar-refractivity contribution < 1.29 is 9.90 Å². The van der Waals surface area contributed by atoms with Crippen LogP contribution in [0.2, 0.25) is 5.02 Å². The van der Waals surface area contributed by atoms with Gasteiger partial charge in [0.25, 0.3) is 0 Å². The van der Waals surface area contributed by atoms with Crippen LogP contribution in [-0.4, -0.2) is 58.9 Å². The minimum atomic E-state index is -0.789. The predicted octanol–water partition coefficient (Wildman–Crippen LogP) is 2.00. The first-order valence-electron chi connectivity index (χ1n) is 7.39. The molecule has 2 heterocycles. The van der Waals surface area contributed by atoms with Gasteiger partial charge in [0.05, 0.1) is 12.7 Å². The SMILES string of the molecule is O=C(O)CN1CCN(c2cc(-c3ccc(Cl)cc3)cnn2)CC1. The highest BCUT2D eigenvalue weighted by atomic mass is 35.5. The number of hydrogen-bond acceptors (Lipinski definition) is 5. The number of carboxylic acid groups (broad SMARTS) is 1. The van der Waals surface area contributed by atoms with Gasteiger partial charge in [0.1, 0.15) is 0 Å². The molecule has 0 saturated carbocycles. The summed E-state index contributed by atoms with van der Waals surface area (Å²) < 4.78 is 0. The zero-order valence-electron chi connectivity index (χ0n) is 12.5. The number of hydrogen-bond donors (Lipinski definition) is 1.